The molecule has 27 heavy (non-hydrogen) atoms. The number of para-hydroxylation sites is 2. The Morgan fingerprint density at radius 2 is 1.81 bits per heavy atom. The van der Waals surface area contributed by atoms with Gasteiger partial charge >= 0.3 is 5.97 Å². The van der Waals surface area contributed by atoms with Gasteiger partial charge in [-0.2, -0.15) is 0 Å². The molecule has 7 heteroatoms. The second-order valence-electron chi connectivity index (χ2n) is 5.52. The van der Waals surface area contributed by atoms with E-state index in [1.54, 1.807) is 42.5 Å². The van der Waals surface area contributed by atoms with Gasteiger partial charge < -0.3 is 24.6 Å². The summed E-state index contributed by atoms with van der Waals surface area (Å²) in [5.74, 6) is -1.48. The lowest BCUT2D eigenvalue weighted by atomic mass is 10.1. The highest BCUT2D eigenvalue weighted by Crippen LogP contribution is 2.34. The summed E-state index contributed by atoms with van der Waals surface area (Å²) < 4.78 is 16.1. The van der Waals surface area contributed by atoms with Gasteiger partial charge in [0, 0.05) is 11.3 Å². The van der Waals surface area contributed by atoms with Crippen LogP contribution in [-0.4, -0.2) is 31.1 Å². The van der Waals surface area contributed by atoms with Crippen molar-refractivity contribution in [2.75, 3.05) is 19.5 Å². The van der Waals surface area contributed by atoms with Crippen LogP contribution in [0.3, 0.4) is 0 Å². The van der Waals surface area contributed by atoms with Crippen molar-refractivity contribution in [2.24, 2.45) is 0 Å². The third-order valence-electron chi connectivity index (χ3n) is 3.86. The van der Waals surface area contributed by atoms with E-state index in [0.717, 1.165) is 0 Å². The molecule has 0 aliphatic carbocycles. The molecule has 0 spiro atoms. The molecule has 1 aliphatic heterocycles. The third kappa shape index (κ3) is 3.62. The number of anilines is 1. The van der Waals surface area contributed by atoms with Gasteiger partial charge in [0.1, 0.15) is 0 Å². The van der Waals surface area contributed by atoms with Crippen LogP contribution in [0, 0.1) is 0 Å². The fraction of sp³-hybridized carbons (Fsp3) is 0.100. The first-order valence-electron chi connectivity index (χ1n) is 8.00. The van der Waals surface area contributed by atoms with Crippen LogP contribution in [-0.2, 0) is 14.3 Å². The van der Waals surface area contributed by atoms with Crippen molar-refractivity contribution in [3.8, 4) is 11.5 Å². The largest absolute Gasteiger partial charge is 0.493 e. The summed E-state index contributed by atoms with van der Waals surface area (Å²) in [6.45, 7) is 0. The van der Waals surface area contributed by atoms with Crippen molar-refractivity contribution in [1.82, 2.24) is 0 Å². The molecule has 0 saturated heterocycles. The van der Waals surface area contributed by atoms with Crippen molar-refractivity contribution >= 4 is 23.5 Å². The number of hydrogen-bond donors (Lipinski definition) is 2. The molecule has 2 aromatic rings. The maximum atomic E-state index is 12.6. The fourth-order valence-electron chi connectivity index (χ4n) is 2.63. The molecule has 0 saturated carbocycles. The maximum Gasteiger partial charge on any atom is 0.345 e. The molecule has 0 amide bonds. The smallest absolute Gasteiger partial charge is 0.345 e. The standard InChI is InChI=1S/C20H17NO6/c1-25-14-10-6-7-12(18(14)26-2)11-15-17(22)16(20(23)24)19(27-15)21-13-8-4-3-5-9-13/h3-11,21H,1-2H3,(H,23,24)/b15-11-. The molecule has 0 fully saturated rings. The molecular weight excluding hydrogens is 350 g/mol. The molecule has 0 radical (unpaired) electrons. The molecule has 2 N–H and O–H groups in total. The molecule has 0 unspecified atom stereocenters. The van der Waals surface area contributed by atoms with Crippen LogP contribution in [0.1, 0.15) is 5.56 Å². The molecule has 138 valence electrons. The molecular formula is C20H17NO6. The van der Waals surface area contributed by atoms with Gasteiger partial charge in [0.25, 0.3) is 0 Å². The average Bonchev–Trinajstić information content (AvgIpc) is 2.97. The molecule has 2 aromatic carbocycles. The van der Waals surface area contributed by atoms with E-state index in [9.17, 15) is 14.7 Å². The molecule has 3 rings (SSSR count). The number of ketones is 1. The third-order valence-corrected chi connectivity index (χ3v) is 3.86. The normalized spacial score (nSPS) is 14.9. The predicted molar refractivity (Wildman–Crippen MR) is 98.3 cm³/mol. The molecule has 0 atom stereocenters. The van der Waals surface area contributed by atoms with Crippen LogP contribution >= 0.6 is 0 Å². The van der Waals surface area contributed by atoms with E-state index in [1.165, 1.54) is 20.3 Å². The number of aliphatic carboxylic acids is 1. The molecule has 7 nitrogen and oxygen atoms in total. The summed E-state index contributed by atoms with van der Waals surface area (Å²) in [4.78, 5) is 24.1. The summed E-state index contributed by atoms with van der Waals surface area (Å²) in [7, 11) is 2.97. The van der Waals surface area contributed by atoms with Crippen LogP contribution < -0.4 is 14.8 Å². The highest BCUT2D eigenvalue weighted by molar-refractivity contribution is 6.26. The van der Waals surface area contributed by atoms with Crippen molar-refractivity contribution in [3.63, 3.8) is 0 Å². The number of carboxylic acid groups (broad SMARTS) is 1. The zero-order valence-corrected chi connectivity index (χ0v) is 14.7. The van der Waals surface area contributed by atoms with Crippen molar-refractivity contribution in [3.05, 3.63) is 71.3 Å². The number of carbonyl (C=O) groups excluding carboxylic acids is 1. The number of benzene rings is 2. The lowest BCUT2D eigenvalue weighted by Gasteiger charge is -2.11. The van der Waals surface area contributed by atoms with Gasteiger partial charge in [-0.3, -0.25) is 4.79 Å². The van der Waals surface area contributed by atoms with Gasteiger partial charge in [-0.15, -0.1) is 0 Å². The van der Waals surface area contributed by atoms with Crippen molar-refractivity contribution < 1.29 is 28.9 Å². The van der Waals surface area contributed by atoms with E-state index in [0.29, 0.717) is 22.7 Å². The van der Waals surface area contributed by atoms with Gasteiger partial charge in [0.2, 0.25) is 11.7 Å². The number of hydrogen-bond acceptors (Lipinski definition) is 6. The SMILES string of the molecule is COc1cccc(/C=C2\OC(Nc3ccccc3)=C(C(=O)O)C2=O)c1OC. The minimum Gasteiger partial charge on any atom is -0.493 e. The average molecular weight is 367 g/mol. The molecule has 1 heterocycles. The Kier molecular flexibility index (Phi) is 5.12. The Bertz CT molecular complexity index is 946. The van der Waals surface area contributed by atoms with Crippen LogP contribution in [0.4, 0.5) is 5.69 Å². The minimum absolute atomic E-state index is 0.127. The van der Waals surface area contributed by atoms with E-state index in [-0.39, 0.29) is 11.6 Å². The van der Waals surface area contributed by atoms with Crippen LogP contribution in [0.2, 0.25) is 0 Å². The second-order valence-corrected chi connectivity index (χ2v) is 5.52. The van der Waals surface area contributed by atoms with E-state index in [4.69, 9.17) is 14.2 Å². The number of nitrogens with one attached hydrogen (secondary N) is 1. The van der Waals surface area contributed by atoms with Gasteiger partial charge in [0.15, 0.2) is 22.8 Å². The fourth-order valence-corrected chi connectivity index (χ4v) is 2.63. The first-order chi connectivity index (χ1) is 13.0. The second kappa shape index (κ2) is 7.65. The number of carbonyl (C=O) groups is 2. The lowest BCUT2D eigenvalue weighted by molar-refractivity contribution is -0.134. The quantitative estimate of drug-likeness (QED) is 0.599. The maximum absolute atomic E-state index is 12.6. The highest BCUT2D eigenvalue weighted by Gasteiger charge is 2.36. The number of allylic oxidation sites excluding steroid dienone is 1. The minimum atomic E-state index is -1.38. The summed E-state index contributed by atoms with van der Waals surface area (Å²) in [5, 5.41) is 12.3. The molecule has 1 aliphatic rings. The van der Waals surface area contributed by atoms with Gasteiger partial charge in [-0.1, -0.05) is 30.3 Å². The van der Waals surface area contributed by atoms with Crippen molar-refractivity contribution in [2.45, 2.75) is 0 Å². The van der Waals surface area contributed by atoms with Gasteiger partial charge in [-0.05, 0) is 24.3 Å². The summed E-state index contributed by atoms with van der Waals surface area (Å²) in [6, 6.07) is 14.0. The Balaban J connectivity index is 1.98. The van der Waals surface area contributed by atoms with E-state index in [2.05, 4.69) is 5.32 Å². The summed E-state index contributed by atoms with van der Waals surface area (Å²) in [5.41, 5.74) is 0.650. The number of carboxylic acids is 1. The van der Waals surface area contributed by atoms with E-state index in [1.807, 2.05) is 6.07 Å². The number of rotatable bonds is 6. The van der Waals surface area contributed by atoms with Gasteiger partial charge in [0.05, 0.1) is 14.2 Å². The van der Waals surface area contributed by atoms with E-state index < -0.39 is 17.3 Å². The molecule has 0 aromatic heterocycles. The first-order valence-corrected chi connectivity index (χ1v) is 8.00. The first kappa shape index (κ1) is 18.1. The van der Waals surface area contributed by atoms with Crippen molar-refractivity contribution in [1.29, 1.82) is 0 Å². The number of Topliss-reactive ketones (excluding diaryl/α,β-unsaturated/α-hetero) is 1. The zero-order valence-electron chi connectivity index (χ0n) is 14.7. The number of ether oxygens (including phenoxy) is 3. The summed E-state index contributed by atoms with van der Waals surface area (Å²) >= 11 is 0. The Morgan fingerprint density at radius 1 is 1.07 bits per heavy atom. The van der Waals surface area contributed by atoms with Crippen LogP contribution in [0.5, 0.6) is 11.5 Å². The Hall–Kier alpha value is -3.74. The highest BCUT2D eigenvalue weighted by atomic mass is 16.5. The zero-order chi connectivity index (χ0) is 19.4. The summed E-state index contributed by atoms with van der Waals surface area (Å²) in [6.07, 6.45) is 1.42. The van der Waals surface area contributed by atoms with Crippen LogP contribution in [0.25, 0.3) is 6.08 Å². The predicted octanol–water partition coefficient (Wildman–Crippen LogP) is 3.05. The van der Waals surface area contributed by atoms with Gasteiger partial charge in [-0.25, -0.2) is 4.79 Å². The van der Waals surface area contributed by atoms with Crippen LogP contribution in [0.15, 0.2) is 65.7 Å². The lowest BCUT2D eigenvalue weighted by Crippen LogP contribution is -2.12. The van der Waals surface area contributed by atoms with E-state index >= 15 is 0 Å². The molecule has 0 bridgehead atoms. The number of methoxy groups -OCH3 is 2. The monoisotopic (exact) mass is 367 g/mol. The Labute approximate surface area is 155 Å². The Morgan fingerprint density at radius 3 is 2.44 bits per heavy atom. The topological polar surface area (TPSA) is 94.1 Å².